The molecule has 1 N–H and O–H groups in total. The molecule has 1 atom stereocenters. The summed E-state index contributed by atoms with van der Waals surface area (Å²) in [6, 6.07) is 0. The van der Waals surface area contributed by atoms with Crippen molar-refractivity contribution in [3.8, 4) is 0 Å². The molecule has 4 heteroatoms. The first-order chi connectivity index (χ1) is 5.36. The van der Waals surface area contributed by atoms with Gasteiger partial charge >= 0.3 is 0 Å². The van der Waals surface area contributed by atoms with Gasteiger partial charge in [0, 0.05) is 6.42 Å². The third-order valence-electron chi connectivity index (χ3n) is 1.96. The lowest BCUT2D eigenvalue weighted by molar-refractivity contribution is 0.151. The largest absolute Gasteiger partial charge is 0.392 e. The molecule has 0 amide bonds. The Morgan fingerprint density at radius 2 is 2.55 bits per heavy atom. The van der Waals surface area contributed by atoms with Gasteiger partial charge in [-0.1, -0.05) is 0 Å². The topological polar surface area (TPSA) is 46.0 Å². The van der Waals surface area contributed by atoms with Crippen LogP contribution in [0.25, 0.3) is 0 Å². The van der Waals surface area contributed by atoms with Crippen molar-refractivity contribution in [1.29, 1.82) is 0 Å². The van der Waals surface area contributed by atoms with E-state index in [1.165, 1.54) is 24.4 Å². The zero-order valence-corrected chi connectivity index (χ0v) is 6.92. The molecule has 1 aliphatic carbocycles. The van der Waals surface area contributed by atoms with Crippen LogP contribution in [0.3, 0.4) is 0 Å². The number of nitrogens with zero attached hydrogens (tertiary/aromatic N) is 2. The quantitative estimate of drug-likeness (QED) is 0.731. The highest BCUT2D eigenvalue weighted by molar-refractivity contribution is 7.05. The lowest BCUT2D eigenvalue weighted by Crippen LogP contribution is -2.12. The molecule has 1 fully saturated rings. The van der Waals surface area contributed by atoms with Crippen molar-refractivity contribution in [2.75, 3.05) is 0 Å². The number of rotatable bonds is 3. The van der Waals surface area contributed by atoms with Crippen LogP contribution in [0.15, 0.2) is 6.33 Å². The number of hydrogen-bond donors (Lipinski definition) is 1. The molecule has 1 saturated carbocycles. The molecule has 60 valence electrons. The molecule has 0 spiro atoms. The second-order valence-electron chi connectivity index (χ2n) is 2.94. The van der Waals surface area contributed by atoms with Crippen molar-refractivity contribution in [2.24, 2.45) is 5.92 Å². The zero-order valence-electron chi connectivity index (χ0n) is 6.10. The van der Waals surface area contributed by atoms with Crippen molar-refractivity contribution in [3.63, 3.8) is 0 Å². The van der Waals surface area contributed by atoms with Crippen LogP contribution in [-0.2, 0) is 6.42 Å². The Morgan fingerprint density at radius 3 is 3.09 bits per heavy atom. The van der Waals surface area contributed by atoms with Crippen molar-refractivity contribution in [2.45, 2.75) is 25.4 Å². The van der Waals surface area contributed by atoms with Crippen LogP contribution >= 0.6 is 11.5 Å². The molecule has 0 radical (unpaired) electrons. The van der Waals surface area contributed by atoms with Gasteiger partial charge in [-0.15, -0.1) is 0 Å². The molecule has 0 saturated heterocycles. The summed E-state index contributed by atoms with van der Waals surface area (Å²) >= 11 is 1.38. The first-order valence-corrected chi connectivity index (χ1v) is 4.57. The highest BCUT2D eigenvalue weighted by Crippen LogP contribution is 2.33. The van der Waals surface area contributed by atoms with E-state index in [4.69, 9.17) is 0 Å². The van der Waals surface area contributed by atoms with E-state index in [1.807, 2.05) is 0 Å². The fraction of sp³-hybridized carbons (Fsp3) is 0.714. The number of aliphatic hydroxyl groups is 1. The summed E-state index contributed by atoms with van der Waals surface area (Å²) in [6.45, 7) is 0. The van der Waals surface area contributed by atoms with Gasteiger partial charge in [-0.05, 0) is 30.3 Å². The lowest BCUT2D eigenvalue weighted by Gasteiger charge is -2.04. The van der Waals surface area contributed by atoms with E-state index in [0.29, 0.717) is 12.3 Å². The predicted octanol–water partition coefficient (Wildman–Crippen LogP) is 0.852. The van der Waals surface area contributed by atoms with Crippen LogP contribution in [0.1, 0.15) is 17.8 Å². The Balaban J connectivity index is 1.89. The maximum atomic E-state index is 9.50. The van der Waals surface area contributed by atoms with E-state index in [2.05, 4.69) is 9.36 Å². The summed E-state index contributed by atoms with van der Waals surface area (Å²) in [5.41, 5.74) is 0. The van der Waals surface area contributed by atoms with Crippen LogP contribution < -0.4 is 0 Å². The molecule has 11 heavy (non-hydrogen) atoms. The second-order valence-corrected chi connectivity index (χ2v) is 3.81. The van der Waals surface area contributed by atoms with Crippen LogP contribution in [0.5, 0.6) is 0 Å². The monoisotopic (exact) mass is 170 g/mol. The van der Waals surface area contributed by atoms with Gasteiger partial charge in [0.25, 0.3) is 0 Å². The average molecular weight is 170 g/mol. The van der Waals surface area contributed by atoms with Gasteiger partial charge in [-0.25, -0.2) is 4.98 Å². The SMILES string of the molecule is OC(Cc1ncns1)C1CC1. The minimum atomic E-state index is -0.178. The van der Waals surface area contributed by atoms with Crippen molar-refractivity contribution in [1.82, 2.24) is 9.36 Å². The van der Waals surface area contributed by atoms with Crippen LogP contribution in [-0.4, -0.2) is 20.6 Å². The van der Waals surface area contributed by atoms with E-state index in [1.54, 1.807) is 6.33 Å². The summed E-state index contributed by atoms with van der Waals surface area (Å²) < 4.78 is 3.87. The van der Waals surface area contributed by atoms with Crippen LogP contribution in [0.4, 0.5) is 0 Å². The number of hydrogen-bond acceptors (Lipinski definition) is 4. The number of aromatic nitrogens is 2. The third kappa shape index (κ3) is 1.75. The molecule has 0 aliphatic heterocycles. The Morgan fingerprint density at radius 1 is 1.73 bits per heavy atom. The Kier molecular flexibility index (Phi) is 1.87. The Bertz CT molecular complexity index is 220. The summed E-state index contributed by atoms with van der Waals surface area (Å²) in [4.78, 5) is 4.01. The fourth-order valence-corrected chi connectivity index (χ4v) is 1.67. The van der Waals surface area contributed by atoms with Gasteiger partial charge < -0.3 is 5.11 Å². The van der Waals surface area contributed by atoms with Gasteiger partial charge in [-0.3, -0.25) is 0 Å². The highest BCUT2D eigenvalue weighted by atomic mass is 32.1. The molecule has 1 aromatic rings. The van der Waals surface area contributed by atoms with E-state index < -0.39 is 0 Å². The maximum absolute atomic E-state index is 9.50. The molecule has 1 aliphatic rings. The Hall–Kier alpha value is -0.480. The summed E-state index contributed by atoms with van der Waals surface area (Å²) in [5, 5.41) is 10.4. The highest BCUT2D eigenvalue weighted by Gasteiger charge is 2.30. The summed E-state index contributed by atoms with van der Waals surface area (Å²) in [5.74, 6) is 0.541. The first kappa shape index (κ1) is 7.18. The van der Waals surface area contributed by atoms with Gasteiger partial charge in [0.1, 0.15) is 11.3 Å². The lowest BCUT2D eigenvalue weighted by atomic mass is 10.2. The van der Waals surface area contributed by atoms with Crippen molar-refractivity contribution in [3.05, 3.63) is 11.3 Å². The Labute approximate surface area is 69.3 Å². The molecule has 3 nitrogen and oxygen atoms in total. The molecule has 0 bridgehead atoms. The molecular weight excluding hydrogens is 160 g/mol. The molecule has 1 unspecified atom stereocenters. The minimum Gasteiger partial charge on any atom is -0.392 e. The predicted molar refractivity (Wildman–Crippen MR) is 42.3 cm³/mol. The smallest absolute Gasteiger partial charge is 0.129 e. The molecular formula is C7H10N2OS. The summed E-state index contributed by atoms with van der Waals surface area (Å²) in [7, 11) is 0. The maximum Gasteiger partial charge on any atom is 0.129 e. The van der Waals surface area contributed by atoms with E-state index >= 15 is 0 Å². The fourth-order valence-electron chi connectivity index (χ4n) is 1.11. The van der Waals surface area contributed by atoms with Gasteiger partial charge in [0.15, 0.2) is 0 Å². The third-order valence-corrected chi connectivity index (χ3v) is 2.64. The molecule has 1 heterocycles. The van der Waals surface area contributed by atoms with Gasteiger partial charge in [-0.2, -0.15) is 4.37 Å². The minimum absolute atomic E-state index is 0.178. The van der Waals surface area contributed by atoms with Crippen molar-refractivity contribution < 1.29 is 5.11 Å². The molecule has 1 aromatic heterocycles. The average Bonchev–Trinajstić information content (AvgIpc) is 2.73. The van der Waals surface area contributed by atoms with Crippen LogP contribution in [0, 0.1) is 5.92 Å². The van der Waals surface area contributed by atoms with E-state index in [-0.39, 0.29) is 6.10 Å². The van der Waals surface area contributed by atoms with E-state index in [9.17, 15) is 5.11 Å². The van der Waals surface area contributed by atoms with E-state index in [0.717, 1.165) is 5.01 Å². The van der Waals surface area contributed by atoms with Gasteiger partial charge in [0.05, 0.1) is 6.10 Å². The van der Waals surface area contributed by atoms with Crippen LogP contribution in [0.2, 0.25) is 0 Å². The molecule has 0 aromatic carbocycles. The number of aliphatic hydroxyl groups excluding tert-OH is 1. The first-order valence-electron chi connectivity index (χ1n) is 3.80. The summed E-state index contributed by atoms with van der Waals surface area (Å²) in [6.07, 6.45) is 4.41. The van der Waals surface area contributed by atoms with Crippen molar-refractivity contribution >= 4 is 11.5 Å². The zero-order chi connectivity index (χ0) is 7.68. The van der Waals surface area contributed by atoms with Gasteiger partial charge in [0.2, 0.25) is 0 Å². The second kappa shape index (κ2) is 2.87. The standard InChI is InChI=1S/C7H10N2OS/c10-6(5-1-2-5)3-7-8-4-9-11-7/h4-6,10H,1-3H2. The molecule has 2 rings (SSSR count). The normalized spacial score (nSPS) is 20.1.